The lowest BCUT2D eigenvalue weighted by Crippen LogP contribution is -2.47. The summed E-state index contributed by atoms with van der Waals surface area (Å²) in [4.78, 5) is 21.9. The number of ether oxygens (including phenoxy) is 2. The molecule has 0 aliphatic carbocycles. The number of pyridine rings is 1. The maximum absolute atomic E-state index is 13.2. The number of aromatic nitrogens is 1. The Bertz CT molecular complexity index is 842. The van der Waals surface area contributed by atoms with Crippen molar-refractivity contribution < 1.29 is 14.3 Å². The molecule has 1 amide bonds. The van der Waals surface area contributed by atoms with E-state index in [1.807, 2.05) is 30.6 Å². The molecule has 2 atom stereocenters. The fourth-order valence-electron chi connectivity index (χ4n) is 4.50. The van der Waals surface area contributed by atoms with Crippen LogP contribution in [-0.2, 0) is 6.54 Å². The third-order valence-corrected chi connectivity index (χ3v) is 5.83. The largest absolute Gasteiger partial charge is 0.454 e. The van der Waals surface area contributed by atoms with Crippen molar-refractivity contribution in [3.05, 3.63) is 53.9 Å². The van der Waals surface area contributed by atoms with Crippen molar-refractivity contribution in [3.8, 4) is 11.5 Å². The standard InChI is InChI=1S/C21H23N3O3/c25-21(17-2-4-19-20(9-17)27-14-26-19)24-12-16-1-3-18(24)13-23(11-16)10-15-5-7-22-8-6-15/h2,4-9,16,18H,1,3,10-14H2. The van der Waals surface area contributed by atoms with Crippen molar-refractivity contribution >= 4 is 5.91 Å². The monoisotopic (exact) mass is 365 g/mol. The number of nitrogens with zero attached hydrogens (tertiary/aromatic N) is 3. The normalized spacial score (nSPS) is 24.1. The minimum absolute atomic E-state index is 0.105. The Morgan fingerprint density at radius 1 is 1.04 bits per heavy atom. The first-order valence-corrected chi connectivity index (χ1v) is 9.58. The number of benzene rings is 1. The fraction of sp³-hybridized carbons (Fsp3) is 0.429. The van der Waals surface area contributed by atoms with Gasteiger partial charge in [-0.2, -0.15) is 0 Å². The fourth-order valence-corrected chi connectivity index (χ4v) is 4.50. The highest BCUT2D eigenvalue weighted by molar-refractivity contribution is 5.95. The van der Waals surface area contributed by atoms with Crippen LogP contribution in [0.15, 0.2) is 42.7 Å². The average Bonchev–Trinajstić information content (AvgIpc) is 3.00. The quantitative estimate of drug-likeness (QED) is 0.837. The van der Waals surface area contributed by atoms with Crippen LogP contribution in [0.3, 0.4) is 0 Å². The van der Waals surface area contributed by atoms with Crippen LogP contribution in [0.5, 0.6) is 11.5 Å². The molecule has 0 saturated carbocycles. The van der Waals surface area contributed by atoms with Crippen molar-refractivity contribution in [1.82, 2.24) is 14.8 Å². The summed E-state index contributed by atoms with van der Waals surface area (Å²) in [5, 5.41) is 0. The molecule has 27 heavy (non-hydrogen) atoms. The van der Waals surface area contributed by atoms with Gasteiger partial charge in [-0.25, -0.2) is 0 Å². The molecule has 5 heterocycles. The van der Waals surface area contributed by atoms with E-state index in [1.54, 1.807) is 0 Å². The molecule has 3 fully saturated rings. The molecule has 6 rings (SSSR count). The van der Waals surface area contributed by atoms with Crippen molar-refractivity contribution in [2.45, 2.75) is 25.4 Å². The van der Waals surface area contributed by atoms with Gasteiger partial charge in [0.15, 0.2) is 11.5 Å². The van der Waals surface area contributed by atoms with Gasteiger partial charge in [-0.15, -0.1) is 0 Å². The summed E-state index contributed by atoms with van der Waals surface area (Å²) in [5.41, 5.74) is 1.97. The van der Waals surface area contributed by atoms with Gasteiger partial charge in [-0.05, 0) is 54.7 Å². The molecule has 0 spiro atoms. The second kappa shape index (κ2) is 6.85. The van der Waals surface area contributed by atoms with Crippen LogP contribution in [0.1, 0.15) is 28.8 Å². The van der Waals surface area contributed by atoms with Gasteiger partial charge in [0, 0.05) is 50.2 Å². The highest BCUT2D eigenvalue weighted by atomic mass is 16.7. The molecule has 1 aromatic heterocycles. The topological polar surface area (TPSA) is 54.9 Å². The predicted octanol–water partition coefficient (Wildman–Crippen LogP) is 2.55. The maximum atomic E-state index is 13.2. The minimum atomic E-state index is 0.105. The van der Waals surface area contributed by atoms with E-state index < -0.39 is 0 Å². The van der Waals surface area contributed by atoms with E-state index in [1.165, 1.54) is 12.0 Å². The van der Waals surface area contributed by atoms with Crippen LogP contribution in [0, 0.1) is 5.92 Å². The van der Waals surface area contributed by atoms with Crippen LogP contribution in [0.25, 0.3) is 0 Å². The Morgan fingerprint density at radius 2 is 1.89 bits per heavy atom. The van der Waals surface area contributed by atoms with Gasteiger partial charge in [0.25, 0.3) is 5.91 Å². The first-order chi connectivity index (χ1) is 13.3. The number of carbonyl (C=O) groups excluding carboxylic acids is 1. The number of hydrogen-bond acceptors (Lipinski definition) is 5. The second-order valence-corrected chi connectivity index (χ2v) is 7.67. The van der Waals surface area contributed by atoms with Crippen LogP contribution in [-0.4, -0.2) is 53.2 Å². The van der Waals surface area contributed by atoms with Gasteiger partial charge in [-0.3, -0.25) is 14.7 Å². The Morgan fingerprint density at radius 3 is 2.78 bits per heavy atom. The molecule has 4 aliphatic heterocycles. The van der Waals surface area contributed by atoms with Gasteiger partial charge in [-0.1, -0.05) is 0 Å². The van der Waals surface area contributed by atoms with Crippen LogP contribution >= 0.6 is 0 Å². The van der Waals surface area contributed by atoms with E-state index in [9.17, 15) is 4.79 Å². The average molecular weight is 365 g/mol. The van der Waals surface area contributed by atoms with Crippen molar-refractivity contribution in [3.63, 3.8) is 0 Å². The molecule has 0 radical (unpaired) electrons. The highest BCUT2D eigenvalue weighted by Gasteiger charge is 2.37. The number of rotatable bonds is 3. The summed E-state index contributed by atoms with van der Waals surface area (Å²) >= 11 is 0. The number of fused-ring (bicyclic) bond motifs is 5. The third kappa shape index (κ3) is 3.25. The molecule has 4 aliphatic rings. The molecular weight excluding hydrogens is 342 g/mol. The number of piperidine rings is 1. The molecule has 140 valence electrons. The molecule has 0 N–H and O–H groups in total. The van der Waals surface area contributed by atoms with E-state index in [0.29, 0.717) is 23.0 Å². The second-order valence-electron chi connectivity index (χ2n) is 7.67. The summed E-state index contributed by atoms with van der Waals surface area (Å²) in [6, 6.07) is 9.91. The highest BCUT2D eigenvalue weighted by Crippen LogP contribution is 2.34. The summed E-state index contributed by atoms with van der Waals surface area (Å²) in [6.45, 7) is 3.95. The Labute approximate surface area is 158 Å². The van der Waals surface area contributed by atoms with Gasteiger partial charge in [0.05, 0.1) is 0 Å². The number of hydrogen-bond donors (Lipinski definition) is 0. The zero-order valence-corrected chi connectivity index (χ0v) is 15.2. The SMILES string of the molecule is O=C(c1ccc2c(c1)OCO2)N1CC2CCC1CN(Cc1ccncc1)C2. The summed E-state index contributed by atoms with van der Waals surface area (Å²) in [5.74, 6) is 2.02. The maximum Gasteiger partial charge on any atom is 0.254 e. The predicted molar refractivity (Wildman–Crippen MR) is 99.6 cm³/mol. The lowest BCUT2D eigenvalue weighted by Gasteiger charge is -2.36. The van der Waals surface area contributed by atoms with E-state index in [2.05, 4.69) is 26.9 Å². The van der Waals surface area contributed by atoms with Crippen molar-refractivity contribution in [2.75, 3.05) is 26.4 Å². The van der Waals surface area contributed by atoms with E-state index in [0.717, 1.165) is 32.6 Å². The molecule has 6 heteroatoms. The van der Waals surface area contributed by atoms with Gasteiger partial charge in [0.1, 0.15) is 0 Å². The van der Waals surface area contributed by atoms with Gasteiger partial charge < -0.3 is 14.4 Å². The van der Waals surface area contributed by atoms with Crippen LogP contribution < -0.4 is 9.47 Å². The molecular formula is C21H23N3O3. The lowest BCUT2D eigenvalue weighted by atomic mass is 9.94. The zero-order chi connectivity index (χ0) is 18.2. The molecule has 1 aromatic carbocycles. The lowest BCUT2D eigenvalue weighted by molar-refractivity contribution is 0.0584. The Hall–Kier alpha value is -2.60. The van der Waals surface area contributed by atoms with Crippen LogP contribution in [0.2, 0.25) is 0 Å². The number of carbonyl (C=O) groups is 1. The molecule has 2 bridgehead atoms. The van der Waals surface area contributed by atoms with Crippen molar-refractivity contribution in [2.24, 2.45) is 5.92 Å². The molecule has 2 aromatic rings. The summed E-state index contributed by atoms with van der Waals surface area (Å²) < 4.78 is 10.8. The van der Waals surface area contributed by atoms with E-state index >= 15 is 0 Å². The third-order valence-electron chi connectivity index (χ3n) is 5.83. The smallest absolute Gasteiger partial charge is 0.254 e. The summed E-state index contributed by atoms with van der Waals surface area (Å²) in [7, 11) is 0. The van der Waals surface area contributed by atoms with Gasteiger partial charge in [0.2, 0.25) is 6.79 Å². The Balaban J connectivity index is 1.33. The van der Waals surface area contributed by atoms with E-state index in [-0.39, 0.29) is 18.7 Å². The minimum Gasteiger partial charge on any atom is -0.454 e. The zero-order valence-electron chi connectivity index (χ0n) is 15.2. The first-order valence-electron chi connectivity index (χ1n) is 9.58. The summed E-state index contributed by atoms with van der Waals surface area (Å²) in [6.07, 6.45) is 5.96. The molecule has 6 nitrogen and oxygen atoms in total. The first kappa shape index (κ1) is 16.6. The molecule has 2 unspecified atom stereocenters. The van der Waals surface area contributed by atoms with Gasteiger partial charge >= 0.3 is 0 Å². The Kier molecular flexibility index (Phi) is 4.20. The van der Waals surface area contributed by atoms with E-state index in [4.69, 9.17) is 9.47 Å². The van der Waals surface area contributed by atoms with Crippen LogP contribution in [0.4, 0.5) is 0 Å². The number of amides is 1. The molecule has 3 saturated heterocycles. The van der Waals surface area contributed by atoms with Crippen molar-refractivity contribution in [1.29, 1.82) is 0 Å².